The van der Waals surface area contributed by atoms with Gasteiger partial charge < -0.3 is 4.90 Å². The van der Waals surface area contributed by atoms with Gasteiger partial charge in [-0.2, -0.15) is 0 Å². The van der Waals surface area contributed by atoms with Crippen molar-refractivity contribution in [1.29, 1.82) is 0 Å². The van der Waals surface area contributed by atoms with Crippen molar-refractivity contribution in [2.45, 2.75) is 12.5 Å². The summed E-state index contributed by atoms with van der Waals surface area (Å²) < 4.78 is 13.3. The first kappa shape index (κ1) is 14.2. The van der Waals surface area contributed by atoms with Gasteiger partial charge in [-0.15, -0.1) is 0 Å². The number of imide groups is 1. The van der Waals surface area contributed by atoms with Crippen LogP contribution in [-0.2, 0) is 11.2 Å². The van der Waals surface area contributed by atoms with Gasteiger partial charge in [0, 0.05) is 19.5 Å². The van der Waals surface area contributed by atoms with Crippen molar-refractivity contribution in [3.63, 3.8) is 0 Å². The second-order valence-electron chi connectivity index (χ2n) is 5.13. The van der Waals surface area contributed by atoms with E-state index in [9.17, 15) is 14.0 Å². The fourth-order valence-electron chi connectivity index (χ4n) is 2.52. The van der Waals surface area contributed by atoms with Crippen molar-refractivity contribution in [2.24, 2.45) is 0 Å². The summed E-state index contributed by atoms with van der Waals surface area (Å²) in [4.78, 5) is 30.9. The van der Waals surface area contributed by atoms with Crippen LogP contribution in [0.2, 0.25) is 0 Å². The Morgan fingerprint density at radius 3 is 2.59 bits per heavy atom. The summed E-state index contributed by atoms with van der Waals surface area (Å²) in [6.45, 7) is 0. The Labute approximate surface area is 127 Å². The van der Waals surface area contributed by atoms with Gasteiger partial charge in [0.1, 0.15) is 11.9 Å². The average molecular weight is 299 g/mol. The van der Waals surface area contributed by atoms with Crippen LogP contribution < -0.4 is 4.90 Å². The Hall–Kier alpha value is -2.76. The molecule has 2 aromatic rings. The second kappa shape index (κ2) is 5.55. The minimum Gasteiger partial charge on any atom is -0.315 e. The number of halogens is 1. The Morgan fingerprint density at radius 2 is 1.91 bits per heavy atom. The van der Waals surface area contributed by atoms with Gasteiger partial charge in [0.05, 0.1) is 18.1 Å². The number of pyridine rings is 1. The number of urea groups is 1. The molecule has 1 atom stereocenters. The normalized spacial score (nSPS) is 18.2. The molecule has 1 aromatic carbocycles. The number of nitrogens with zero attached hydrogens (tertiary/aromatic N) is 3. The molecule has 1 aliphatic rings. The molecule has 1 saturated heterocycles. The van der Waals surface area contributed by atoms with E-state index in [-0.39, 0.29) is 11.6 Å². The van der Waals surface area contributed by atoms with E-state index in [2.05, 4.69) is 4.98 Å². The molecular formula is C16H14FN3O2. The number of anilines is 1. The molecule has 1 unspecified atom stereocenters. The Bertz CT molecular complexity index is 720. The van der Waals surface area contributed by atoms with Gasteiger partial charge in [0.25, 0.3) is 5.91 Å². The predicted molar refractivity (Wildman–Crippen MR) is 78.8 cm³/mol. The molecule has 1 aromatic heterocycles. The molecule has 0 radical (unpaired) electrons. The number of amides is 3. The lowest BCUT2D eigenvalue weighted by Gasteiger charge is -2.15. The maximum atomic E-state index is 13.3. The van der Waals surface area contributed by atoms with Crippen LogP contribution in [0.5, 0.6) is 0 Å². The van der Waals surface area contributed by atoms with Gasteiger partial charge in [0.15, 0.2) is 0 Å². The molecule has 0 aliphatic carbocycles. The number of hydrogen-bond acceptors (Lipinski definition) is 3. The third-order valence-electron chi connectivity index (χ3n) is 3.69. The van der Waals surface area contributed by atoms with Gasteiger partial charge in [0.2, 0.25) is 0 Å². The van der Waals surface area contributed by atoms with Gasteiger partial charge in [-0.25, -0.2) is 14.1 Å². The van der Waals surface area contributed by atoms with Crippen LogP contribution in [0, 0.1) is 5.82 Å². The zero-order valence-electron chi connectivity index (χ0n) is 11.9. The predicted octanol–water partition coefficient (Wildman–Crippen LogP) is 2.23. The molecule has 6 heteroatoms. The van der Waals surface area contributed by atoms with Gasteiger partial charge >= 0.3 is 6.03 Å². The van der Waals surface area contributed by atoms with E-state index in [1.165, 1.54) is 11.1 Å². The van der Waals surface area contributed by atoms with E-state index < -0.39 is 17.9 Å². The van der Waals surface area contributed by atoms with Crippen molar-refractivity contribution in [3.8, 4) is 0 Å². The molecule has 5 nitrogen and oxygen atoms in total. The number of carbonyl (C=O) groups excluding carboxylic acids is 2. The topological polar surface area (TPSA) is 53.5 Å². The first-order valence-corrected chi connectivity index (χ1v) is 6.83. The molecular weight excluding hydrogens is 285 g/mol. The number of likely N-dealkylation sites (N-methyl/N-ethyl adjacent to an activating group) is 1. The molecule has 3 rings (SSSR count). The zero-order valence-corrected chi connectivity index (χ0v) is 11.9. The summed E-state index contributed by atoms with van der Waals surface area (Å²) in [5, 5.41) is 0. The van der Waals surface area contributed by atoms with Crippen molar-refractivity contribution >= 4 is 17.6 Å². The van der Waals surface area contributed by atoms with Gasteiger partial charge in [-0.3, -0.25) is 9.78 Å². The van der Waals surface area contributed by atoms with Crippen molar-refractivity contribution in [1.82, 2.24) is 9.88 Å². The van der Waals surface area contributed by atoms with E-state index in [1.54, 1.807) is 7.05 Å². The highest BCUT2D eigenvalue weighted by atomic mass is 19.1. The number of aromatic nitrogens is 1. The van der Waals surface area contributed by atoms with E-state index >= 15 is 0 Å². The van der Waals surface area contributed by atoms with E-state index in [0.29, 0.717) is 6.42 Å². The largest absolute Gasteiger partial charge is 0.331 e. The maximum Gasteiger partial charge on any atom is 0.331 e. The Kier molecular flexibility index (Phi) is 3.58. The standard InChI is InChI=1S/C16H14FN3O2/c1-19-14(7-11-5-3-2-4-6-11)15(21)20(16(19)22)13-8-12(17)9-18-10-13/h2-6,8-10,14H,7H2,1H3. The maximum absolute atomic E-state index is 13.3. The summed E-state index contributed by atoms with van der Waals surface area (Å²) in [7, 11) is 1.57. The first-order valence-electron chi connectivity index (χ1n) is 6.83. The summed E-state index contributed by atoms with van der Waals surface area (Å²) in [5.74, 6) is -0.962. The number of hydrogen-bond donors (Lipinski definition) is 0. The SMILES string of the molecule is CN1C(=O)N(c2cncc(F)c2)C(=O)C1Cc1ccccc1. The Morgan fingerprint density at radius 1 is 1.18 bits per heavy atom. The Balaban J connectivity index is 1.89. The molecule has 1 fully saturated rings. The summed E-state index contributed by atoms with van der Waals surface area (Å²) in [5.41, 5.74) is 1.11. The minimum atomic E-state index is -0.599. The van der Waals surface area contributed by atoms with Crippen molar-refractivity contribution in [3.05, 3.63) is 60.2 Å². The van der Waals surface area contributed by atoms with Gasteiger partial charge in [-0.05, 0) is 5.56 Å². The van der Waals surface area contributed by atoms with Crippen LogP contribution >= 0.6 is 0 Å². The quantitative estimate of drug-likeness (QED) is 0.817. The van der Waals surface area contributed by atoms with Crippen LogP contribution in [-0.4, -0.2) is 34.9 Å². The summed E-state index contributed by atoms with van der Waals surface area (Å²) in [6.07, 6.45) is 2.75. The fourth-order valence-corrected chi connectivity index (χ4v) is 2.52. The van der Waals surface area contributed by atoms with E-state index in [4.69, 9.17) is 0 Å². The van der Waals surface area contributed by atoms with Crippen molar-refractivity contribution in [2.75, 3.05) is 11.9 Å². The summed E-state index contributed by atoms with van der Waals surface area (Å²) in [6, 6.07) is 9.50. The molecule has 0 saturated carbocycles. The lowest BCUT2D eigenvalue weighted by molar-refractivity contribution is -0.119. The number of carbonyl (C=O) groups is 2. The van der Waals surface area contributed by atoms with E-state index in [1.807, 2.05) is 30.3 Å². The summed E-state index contributed by atoms with van der Waals surface area (Å²) >= 11 is 0. The molecule has 22 heavy (non-hydrogen) atoms. The highest BCUT2D eigenvalue weighted by molar-refractivity contribution is 6.21. The molecule has 0 bridgehead atoms. The lowest BCUT2D eigenvalue weighted by Crippen LogP contribution is -2.33. The molecule has 3 amide bonds. The van der Waals surface area contributed by atoms with Gasteiger partial charge in [-0.1, -0.05) is 30.3 Å². The highest BCUT2D eigenvalue weighted by Gasteiger charge is 2.43. The van der Waals surface area contributed by atoms with Crippen LogP contribution in [0.3, 0.4) is 0 Å². The highest BCUT2D eigenvalue weighted by Crippen LogP contribution is 2.25. The first-order chi connectivity index (χ1) is 10.6. The van der Waals surface area contributed by atoms with E-state index in [0.717, 1.165) is 22.7 Å². The fraction of sp³-hybridized carbons (Fsp3) is 0.188. The average Bonchev–Trinajstić information content (AvgIpc) is 2.72. The molecule has 2 heterocycles. The van der Waals surface area contributed by atoms with Crippen LogP contribution in [0.15, 0.2) is 48.8 Å². The minimum absolute atomic E-state index is 0.150. The molecule has 0 spiro atoms. The lowest BCUT2D eigenvalue weighted by atomic mass is 10.1. The monoisotopic (exact) mass is 299 g/mol. The van der Waals surface area contributed by atoms with Crippen LogP contribution in [0.25, 0.3) is 0 Å². The van der Waals surface area contributed by atoms with Crippen LogP contribution in [0.4, 0.5) is 14.9 Å². The third-order valence-corrected chi connectivity index (χ3v) is 3.69. The number of benzene rings is 1. The molecule has 0 N–H and O–H groups in total. The number of rotatable bonds is 3. The third kappa shape index (κ3) is 2.43. The smallest absolute Gasteiger partial charge is 0.315 e. The molecule has 1 aliphatic heterocycles. The zero-order chi connectivity index (χ0) is 15.7. The second-order valence-corrected chi connectivity index (χ2v) is 5.13. The van der Waals surface area contributed by atoms with Crippen molar-refractivity contribution < 1.29 is 14.0 Å². The molecule has 112 valence electrons. The van der Waals surface area contributed by atoms with Crippen LogP contribution in [0.1, 0.15) is 5.56 Å².